The maximum Gasteiger partial charge on any atom is 0.340 e. The Kier molecular flexibility index (Phi) is 5.71. The minimum atomic E-state index is -0.473. The SMILES string of the molecule is CC(C)n1ncc2cc(C(=O)OCc3csc(COc4ccc(F)cc4)n3)cnc21. The van der Waals surface area contributed by atoms with Crippen LogP contribution in [0.4, 0.5) is 4.39 Å². The van der Waals surface area contributed by atoms with Gasteiger partial charge in [0.25, 0.3) is 0 Å². The highest BCUT2D eigenvalue weighted by atomic mass is 32.1. The normalized spacial score (nSPS) is 11.2. The molecule has 7 nitrogen and oxygen atoms in total. The van der Waals surface area contributed by atoms with Gasteiger partial charge in [0, 0.05) is 23.0 Å². The van der Waals surface area contributed by atoms with Crippen LogP contribution in [0.2, 0.25) is 0 Å². The highest BCUT2D eigenvalue weighted by Gasteiger charge is 2.14. The number of hydrogen-bond donors (Lipinski definition) is 0. The number of benzene rings is 1. The maximum absolute atomic E-state index is 12.9. The largest absolute Gasteiger partial charge is 0.486 e. The summed E-state index contributed by atoms with van der Waals surface area (Å²) < 4.78 is 25.7. The third-order valence-electron chi connectivity index (χ3n) is 4.28. The molecule has 0 bridgehead atoms. The molecule has 0 atom stereocenters. The van der Waals surface area contributed by atoms with E-state index in [-0.39, 0.29) is 25.1 Å². The highest BCUT2D eigenvalue weighted by molar-refractivity contribution is 7.09. The van der Waals surface area contributed by atoms with Crippen LogP contribution in [0, 0.1) is 5.82 Å². The van der Waals surface area contributed by atoms with Crippen LogP contribution >= 0.6 is 11.3 Å². The molecule has 0 saturated heterocycles. The molecule has 0 aliphatic rings. The second-order valence-corrected chi connectivity index (χ2v) is 7.81. The molecule has 30 heavy (non-hydrogen) atoms. The Balaban J connectivity index is 1.34. The Hall–Kier alpha value is -3.33. The zero-order valence-corrected chi connectivity index (χ0v) is 17.2. The van der Waals surface area contributed by atoms with Gasteiger partial charge in [-0.15, -0.1) is 11.3 Å². The van der Waals surface area contributed by atoms with Crippen molar-refractivity contribution in [3.8, 4) is 5.75 Å². The minimum absolute atomic E-state index is 0.0508. The Morgan fingerprint density at radius 3 is 2.77 bits per heavy atom. The Morgan fingerprint density at radius 2 is 2.00 bits per heavy atom. The first-order valence-electron chi connectivity index (χ1n) is 9.31. The van der Waals surface area contributed by atoms with Gasteiger partial charge in [0.15, 0.2) is 5.65 Å². The number of thiazole rings is 1. The van der Waals surface area contributed by atoms with E-state index in [1.807, 2.05) is 19.2 Å². The molecule has 0 N–H and O–H groups in total. The topological polar surface area (TPSA) is 79.1 Å². The van der Waals surface area contributed by atoms with E-state index >= 15 is 0 Å². The van der Waals surface area contributed by atoms with Gasteiger partial charge in [-0.1, -0.05) is 0 Å². The monoisotopic (exact) mass is 426 g/mol. The highest BCUT2D eigenvalue weighted by Crippen LogP contribution is 2.19. The van der Waals surface area contributed by atoms with E-state index < -0.39 is 5.97 Å². The van der Waals surface area contributed by atoms with Crippen molar-refractivity contribution in [1.82, 2.24) is 19.7 Å². The van der Waals surface area contributed by atoms with Crippen molar-refractivity contribution in [2.45, 2.75) is 33.1 Å². The molecule has 9 heteroatoms. The van der Waals surface area contributed by atoms with Crippen LogP contribution in [0.1, 0.15) is 40.9 Å². The predicted octanol–water partition coefficient (Wildman–Crippen LogP) is 4.54. The summed E-state index contributed by atoms with van der Waals surface area (Å²) in [6.45, 7) is 4.34. The standard InChI is InChI=1S/C21H19FN4O3S/c1-13(2)26-20-14(9-24-26)7-15(8-23-20)21(27)29-10-17-12-30-19(25-17)11-28-18-5-3-16(22)4-6-18/h3-9,12-13H,10-11H2,1-2H3. The van der Waals surface area contributed by atoms with E-state index in [1.165, 1.54) is 29.7 Å². The summed E-state index contributed by atoms with van der Waals surface area (Å²) in [5.41, 5.74) is 1.72. The van der Waals surface area contributed by atoms with E-state index in [9.17, 15) is 9.18 Å². The second-order valence-electron chi connectivity index (χ2n) is 6.87. The summed E-state index contributed by atoms with van der Waals surface area (Å²) in [5.74, 6) is -0.231. The minimum Gasteiger partial charge on any atom is -0.486 e. The van der Waals surface area contributed by atoms with E-state index in [1.54, 1.807) is 29.1 Å². The number of aromatic nitrogens is 4. The first-order valence-corrected chi connectivity index (χ1v) is 10.2. The number of fused-ring (bicyclic) bond motifs is 1. The lowest BCUT2D eigenvalue weighted by Crippen LogP contribution is -2.07. The predicted molar refractivity (Wildman–Crippen MR) is 110 cm³/mol. The fourth-order valence-corrected chi connectivity index (χ4v) is 3.50. The molecule has 4 aromatic rings. The smallest absolute Gasteiger partial charge is 0.340 e. The van der Waals surface area contributed by atoms with Crippen molar-refractivity contribution in [1.29, 1.82) is 0 Å². The van der Waals surface area contributed by atoms with Gasteiger partial charge in [0.2, 0.25) is 0 Å². The molecule has 0 aliphatic carbocycles. The number of esters is 1. The molecule has 3 aromatic heterocycles. The Morgan fingerprint density at radius 1 is 1.20 bits per heavy atom. The lowest BCUT2D eigenvalue weighted by molar-refractivity contribution is 0.0468. The Bertz CT molecular complexity index is 1170. The molecule has 0 fully saturated rings. The van der Waals surface area contributed by atoms with Gasteiger partial charge in [-0.25, -0.2) is 23.8 Å². The average molecular weight is 426 g/mol. The number of carbonyl (C=O) groups is 1. The van der Waals surface area contributed by atoms with Crippen LogP contribution in [-0.4, -0.2) is 25.7 Å². The van der Waals surface area contributed by atoms with Crippen molar-refractivity contribution < 1.29 is 18.7 Å². The van der Waals surface area contributed by atoms with E-state index in [0.29, 0.717) is 17.0 Å². The molecule has 1 aromatic carbocycles. The molecule has 0 amide bonds. The molecule has 0 aliphatic heterocycles. The molecular formula is C21H19FN4O3S. The molecule has 3 heterocycles. The average Bonchev–Trinajstić information content (AvgIpc) is 3.38. The van der Waals surface area contributed by atoms with Crippen LogP contribution in [0.15, 0.2) is 48.1 Å². The molecule has 154 valence electrons. The molecule has 0 radical (unpaired) electrons. The van der Waals surface area contributed by atoms with Crippen LogP contribution in [0.5, 0.6) is 5.75 Å². The summed E-state index contributed by atoms with van der Waals surface area (Å²) in [6.07, 6.45) is 3.18. The number of ether oxygens (including phenoxy) is 2. The van der Waals surface area contributed by atoms with E-state index in [2.05, 4.69) is 15.1 Å². The van der Waals surface area contributed by atoms with Crippen LogP contribution in [-0.2, 0) is 18.0 Å². The molecule has 0 unspecified atom stereocenters. The molecular weight excluding hydrogens is 407 g/mol. The van der Waals surface area contributed by atoms with E-state index in [0.717, 1.165) is 16.0 Å². The van der Waals surface area contributed by atoms with E-state index in [4.69, 9.17) is 9.47 Å². The molecule has 4 rings (SSSR count). The van der Waals surface area contributed by atoms with Crippen molar-refractivity contribution in [2.24, 2.45) is 0 Å². The van der Waals surface area contributed by atoms with Crippen molar-refractivity contribution in [3.05, 3.63) is 70.2 Å². The summed E-state index contributed by atoms with van der Waals surface area (Å²) in [5, 5.41) is 7.62. The van der Waals surface area contributed by atoms with Crippen LogP contribution in [0.3, 0.4) is 0 Å². The van der Waals surface area contributed by atoms with Crippen molar-refractivity contribution >= 4 is 28.3 Å². The maximum atomic E-state index is 12.9. The van der Waals surface area contributed by atoms with Crippen molar-refractivity contribution in [2.75, 3.05) is 0 Å². The number of halogens is 1. The fraction of sp³-hybridized carbons (Fsp3) is 0.238. The summed E-state index contributed by atoms with van der Waals surface area (Å²) >= 11 is 1.40. The summed E-state index contributed by atoms with van der Waals surface area (Å²) in [6, 6.07) is 7.69. The van der Waals surface area contributed by atoms with Gasteiger partial charge in [-0.05, 0) is 44.2 Å². The van der Waals surface area contributed by atoms with Gasteiger partial charge < -0.3 is 9.47 Å². The summed E-state index contributed by atoms with van der Waals surface area (Å²) in [7, 11) is 0. The van der Waals surface area contributed by atoms with Crippen molar-refractivity contribution in [3.63, 3.8) is 0 Å². The number of rotatable bonds is 7. The van der Waals surface area contributed by atoms with Gasteiger partial charge in [-0.2, -0.15) is 5.10 Å². The third kappa shape index (κ3) is 4.46. The number of carbonyl (C=O) groups excluding carboxylic acids is 1. The number of pyridine rings is 1. The molecule has 0 spiro atoms. The second kappa shape index (κ2) is 8.58. The zero-order chi connectivity index (χ0) is 21.1. The molecule has 0 saturated carbocycles. The van der Waals surface area contributed by atoms with Gasteiger partial charge in [0.1, 0.15) is 29.8 Å². The first kappa shape index (κ1) is 20.0. The van der Waals surface area contributed by atoms with Crippen LogP contribution in [0.25, 0.3) is 11.0 Å². The van der Waals surface area contributed by atoms with Gasteiger partial charge in [-0.3, -0.25) is 0 Å². The zero-order valence-electron chi connectivity index (χ0n) is 16.4. The number of hydrogen-bond acceptors (Lipinski definition) is 7. The third-order valence-corrected chi connectivity index (χ3v) is 5.16. The fourth-order valence-electron chi connectivity index (χ4n) is 2.81. The number of nitrogens with zero attached hydrogens (tertiary/aromatic N) is 4. The van der Waals surface area contributed by atoms with Crippen LogP contribution < -0.4 is 4.74 Å². The summed E-state index contributed by atoms with van der Waals surface area (Å²) in [4.78, 5) is 21.1. The lowest BCUT2D eigenvalue weighted by Gasteiger charge is -2.06. The van der Waals surface area contributed by atoms with Gasteiger partial charge >= 0.3 is 5.97 Å². The van der Waals surface area contributed by atoms with Gasteiger partial charge in [0.05, 0.1) is 17.5 Å². The Labute approximate surface area is 176 Å². The lowest BCUT2D eigenvalue weighted by atomic mass is 10.2. The quantitative estimate of drug-likeness (QED) is 0.404. The first-order chi connectivity index (χ1) is 14.5.